The molecular formula is C14H12ClNO3. The van der Waals surface area contributed by atoms with Gasteiger partial charge in [0.15, 0.2) is 10.9 Å². The van der Waals surface area contributed by atoms with Crippen molar-refractivity contribution in [2.75, 3.05) is 7.11 Å². The van der Waals surface area contributed by atoms with Crippen LogP contribution in [0.2, 0.25) is 5.15 Å². The van der Waals surface area contributed by atoms with Crippen molar-refractivity contribution in [1.82, 2.24) is 4.98 Å². The van der Waals surface area contributed by atoms with Gasteiger partial charge in [0.1, 0.15) is 6.61 Å². The van der Waals surface area contributed by atoms with Gasteiger partial charge in [-0.05, 0) is 29.8 Å². The molecule has 0 atom stereocenters. The normalized spacial score (nSPS) is 10.0. The number of carbonyl (C=O) groups is 1. The molecule has 0 aliphatic rings. The third-order valence-corrected chi connectivity index (χ3v) is 2.78. The number of carbonyl (C=O) groups excluding carboxylic acids is 1. The topological polar surface area (TPSA) is 48.4 Å². The van der Waals surface area contributed by atoms with Crippen LogP contribution in [0.5, 0.6) is 5.75 Å². The van der Waals surface area contributed by atoms with Crippen molar-refractivity contribution in [2.45, 2.75) is 6.61 Å². The van der Waals surface area contributed by atoms with Crippen LogP contribution >= 0.6 is 11.6 Å². The lowest BCUT2D eigenvalue weighted by molar-refractivity contribution is 0.0600. The zero-order valence-corrected chi connectivity index (χ0v) is 11.1. The second-order valence-electron chi connectivity index (χ2n) is 3.77. The van der Waals surface area contributed by atoms with Crippen LogP contribution in [0.1, 0.15) is 15.9 Å². The molecule has 2 aromatic rings. The molecule has 1 aromatic heterocycles. The smallest absolute Gasteiger partial charge is 0.337 e. The number of halogens is 1. The third-order valence-electron chi connectivity index (χ3n) is 2.49. The lowest BCUT2D eigenvalue weighted by Gasteiger charge is -2.07. The minimum absolute atomic E-state index is 0.327. The molecule has 0 spiro atoms. The Kier molecular flexibility index (Phi) is 4.36. The summed E-state index contributed by atoms with van der Waals surface area (Å²) in [6, 6.07) is 10.5. The summed E-state index contributed by atoms with van der Waals surface area (Å²) in [5, 5.41) is 0.327. The van der Waals surface area contributed by atoms with Gasteiger partial charge in [-0.3, -0.25) is 0 Å². The van der Waals surface area contributed by atoms with Crippen molar-refractivity contribution >= 4 is 17.6 Å². The Morgan fingerprint density at radius 3 is 2.63 bits per heavy atom. The fourth-order valence-electron chi connectivity index (χ4n) is 1.49. The van der Waals surface area contributed by atoms with E-state index in [1.54, 1.807) is 42.6 Å². The van der Waals surface area contributed by atoms with Crippen LogP contribution in [0.25, 0.3) is 0 Å². The summed E-state index contributed by atoms with van der Waals surface area (Å²) < 4.78 is 10.2. The minimum atomic E-state index is -0.359. The van der Waals surface area contributed by atoms with Gasteiger partial charge in [0.25, 0.3) is 0 Å². The van der Waals surface area contributed by atoms with Gasteiger partial charge < -0.3 is 9.47 Å². The van der Waals surface area contributed by atoms with Gasteiger partial charge in [-0.15, -0.1) is 0 Å². The fraction of sp³-hybridized carbons (Fsp3) is 0.143. The summed E-state index contributed by atoms with van der Waals surface area (Å²) in [5.41, 5.74) is 1.43. The van der Waals surface area contributed by atoms with E-state index < -0.39 is 0 Å². The molecule has 0 unspecified atom stereocenters. The Morgan fingerprint density at radius 1 is 1.26 bits per heavy atom. The van der Waals surface area contributed by atoms with Crippen molar-refractivity contribution < 1.29 is 14.3 Å². The Labute approximate surface area is 115 Å². The first-order valence-corrected chi connectivity index (χ1v) is 5.99. The van der Waals surface area contributed by atoms with Gasteiger partial charge in [-0.2, -0.15) is 0 Å². The number of pyridine rings is 1. The van der Waals surface area contributed by atoms with E-state index in [1.807, 2.05) is 0 Å². The second-order valence-corrected chi connectivity index (χ2v) is 4.13. The highest BCUT2D eigenvalue weighted by Crippen LogP contribution is 2.21. The van der Waals surface area contributed by atoms with Gasteiger partial charge in [0.05, 0.1) is 12.7 Å². The number of benzene rings is 1. The molecule has 5 heteroatoms. The molecule has 0 radical (unpaired) electrons. The summed E-state index contributed by atoms with van der Waals surface area (Å²) in [7, 11) is 1.35. The highest BCUT2D eigenvalue weighted by Gasteiger charge is 2.05. The van der Waals surface area contributed by atoms with Gasteiger partial charge in [0, 0.05) is 6.20 Å². The van der Waals surface area contributed by atoms with E-state index in [0.717, 1.165) is 5.56 Å². The van der Waals surface area contributed by atoms with Crippen molar-refractivity contribution in [3.05, 3.63) is 58.9 Å². The van der Waals surface area contributed by atoms with Crippen LogP contribution in [0.15, 0.2) is 42.6 Å². The lowest BCUT2D eigenvalue weighted by atomic mass is 10.1. The standard InChI is InChI=1S/C14H12ClNO3/c1-18-14(17)11-6-4-10(5-7-11)9-19-12-3-2-8-16-13(12)15/h2-8H,9H2,1H3. The van der Waals surface area contributed by atoms with Crippen molar-refractivity contribution in [3.8, 4) is 5.75 Å². The zero-order valence-electron chi connectivity index (χ0n) is 10.3. The summed E-state index contributed by atoms with van der Waals surface area (Å²) in [5.74, 6) is 0.170. The van der Waals surface area contributed by atoms with E-state index in [-0.39, 0.29) is 5.97 Å². The SMILES string of the molecule is COC(=O)c1ccc(COc2cccnc2Cl)cc1. The molecule has 0 amide bonds. The molecule has 98 valence electrons. The van der Waals surface area contributed by atoms with Crippen LogP contribution in [-0.4, -0.2) is 18.1 Å². The fourth-order valence-corrected chi connectivity index (χ4v) is 1.67. The number of methoxy groups -OCH3 is 1. The Hall–Kier alpha value is -2.07. The third kappa shape index (κ3) is 3.45. The lowest BCUT2D eigenvalue weighted by Crippen LogP contribution is -2.02. The summed E-state index contributed by atoms with van der Waals surface area (Å²) in [4.78, 5) is 15.2. The first-order chi connectivity index (χ1) is 9.20. The molecule has 19 heavy (non-hydrogen) atoms. The maximum Gasteiger partial charge on any atom is 0.337 e. The zero-order chi connectivity index (χ0) is 13.7. The number of nitrogens with zero attached hydrogens (tertiary/aromatic N) is 1. The van der Waals surface area contributed by atoms with Crippen LogP contribution < -0.4 is 4.74 Å². The van der Waals surface area contributed by atoms with Crippen LogP contribution in [0, 0.1) is 0 Å². The molecule has 0 saturated heterocycles. The molecule has 0 fully saturated rings. The van der Waals surface area contributed by atoms with Gasteiger partial charge in [-0.25, -0.2) is 9.78 Å². The van der Waals surface area contributed by atoms with Gasteiger partial charge >= 0.3 is 5.97 Å². The molecule has 0 N–H and O–H groups in total. The number of hydrogen-bond acceptors (Lipinski definition) is 4. The summed E-state index contributed by atoms with van der Waals surface area (Å²) in [6.45, 7) is 0.354. The molecule has 0 bridgehead atoms. The average Bonchev–Trinajstić information content (AvgIpc) is 2.46. The highest BCUT2D eigenvalue weighted by atomic mass is 35.5. The Morgan fingerprint density at radius 2 is 2.00 bits per heavy atom. The van der Waals surface area contributed by atoms with Crippen molar-refractivity contribution in [1.29, 1.82) is 0 Å². The second kappa shape index (κ2) is 6.20. The average molecular weight is 278 g/mol. The maximum atomic E-state index is 11.3. The molecule has 2 rings (SSSR count). The van der Waals surface area contributed by atoms with Gasteiger partial charge in [-0.1, -0.05) is 23.7 Å². The van der Waals surface area contributed by atoms with E-state index in [0.29, 0.717) is 23.1 Å². The van der Waals surface area contributed by atoms with E-state index in [1.165, 1.54) is 7.11 Å². The predicted octanol–water partition coefficient (Wildman–Crippen LogP) is 3.10. The summed E-state index contributed by atoms with van der Waals surface area (Å²) >= 11 is 5.88. The number of hydrogen-bond donors (Lipinski definition) is 0. The van der Waals surface area contributed by atoms with E-state index in [2.05, 4.69) is 9.72 Å². The largest absolute Gasteiger partial charge is 0.486 e. The molecule has 1 heterocycles. The number of rotatable bonds is 4. The van der Waals surface area contributed by atoms with Crippen molar-refractivity contribution in [3.63, 3.8) is 0 Å². The van der Waals surface area contributed by atoms with Gasteiger partial charge in [0.2, 0.25) is 0 Å². The number of esters is 1. The van der Waals surface area contributed by atoms with E-state index in [9.17, 15) is 4.79 Å². The number of aromatic nitrogens is 1. The molecule has 1 aromatic carbocycles. The van der Waals surface area contributed by atoms with E-state index in [4.69, 9.17) is 16.3 Å². The van der Waals surface area contributed by atoms with Crippen molar-refractivity contribution in [2.24, 2.45) is 0 Å². The van der Waals surface area contributed by atoms with Crippen LogP contribution in [-0.2, 0) is 11.3 Å². The predicted molar refractivity (Wildman–Crippen MR) is 71.4 cm³/mol. The molecule has 0 aliphatic carbocycles. The minimum Gasteiger partial charge on any atom is -0.486 e. The molecule has 4 nitrogen and oxygen atoms in total. The molecule has 0 saturated carbocycles. The maximum absolute atomic E-state index is 11.3. The molecule has 0 aliphatic heterocycles. The van der Waals surface area contributed by atoms with Crippen LogP contribution in [0.4, 0.5) is 0 Å². The first-order valence-electron chi connectivity index (χ1n) is 5.61. The van der Waals surface area contributed by atoms with E-state index >= 15 is 0 Å². The van der Waals surface area contributed by atoms with Crippen LogP contribution in [0.3, 0.4) is 0 Å². The quantitative estimate of drug-likeness (QED) is 0.636. The molecular weight excluding hydrogens is 266 g/mol. The monoisotopic (exact) mass is 277 g/mol. The number of ether oxygens (including phenoxy) is 2. The highest BCUT2D eigenvalue weighted by molar-refractivity contribution is 6.30. The Bertz CT molecular complexity index is 569. The first kappa shape index (κ1) is 13.4. The summed E-state index contributed by atoms with van der Waals surface area (Å²) in [6.07, 6.45) is 1.60. The Balaban J connectivity index is 2.01.